The van der Waals surface area contributed by atoms with Gasteiger partial charge in [0.1, 0.15) is 5.70 Å². The van der Waals surface area contributed by atoms with Gasteiger partial charge in [-0.2, -0.15) is 0 Å². The number of nitrogens with one attached hydrogen (secondary N) is 3. The fraction of sp³-hybridized carbons (Fsp3) is 0.111. The van der Waals surface area contributed by atoms with Gasteiger partial charge in [-0.15, -0.1) is 23.1 Å². The van der Waals surface area contributed by atoms with Crippen molar-refractivity contribution in [2.24, 2.45) is 0 Å². The zero-order valence-electron chi connectivity index (χ0n) is 25.0. The number of rotatable bonds is 10. The zero-order valence-corrected chi connectivity index (χ0v) is 26.7. The highest BCUT2D eigenvalue weighted by atomic mass is 32.2. The summed E-state index contributed by atoms with van der Waals surface area (Å²) in [5.41, 5.74) is 4.79. The van der Waals surface area contributed by atoms with Gasteiger partial charge in [-0.25, -0.2) is 4.98 Å². The third-order valence-corrected chi connectivity index (χ3v) is 8.88. The van der Waals surface area contributed by atoms with E-state index in [9.17, 15) is 14.4 Å². The molecule has 0 aliphatic heterocycles. The number of anilines is 2. The molecule has 45 heavy (non-hydrogen) atoms. The average molecular weight is 633 g/mol. The monoisotopic (exact) mass is 632 g/mol. The number of thioether (sulfide) groups is 1. The standard InChI is InChI=1S/C36H32N4O3S2/c1-23-12-10-11-17-28(23)22-31(38-34(42)27-15-8-5-9-16-27)35(43)37-29-18-20-30(21-19-29)44-25(3)33(41)40-36-39-32(24(2)45-36)26-13-6-4-7-14-26/h4-22,25H,1-3H3,(H,37,43)(H,38,42)(H,39,40,41)/b31-22-. The second kappa shape index (κ2) is 14.7. The van der Waals surface area contributed by atoms with Crippen LogP contribution in [0.2, 0.25) is 0 Å². The summed E-state index contributed by atoms with van der Waals surface area (Å²) in [5.74, 6) is -0.982. The summed E-state index contributed by atoms with van der Waals surface area (Å²) in [5, 5.41) is 8.78. The van der Waals surface area contributed by atoms with E-state index in [1.54, 1.807) is 42.5 Å². The highest BCUT2D eigenvalue weighted by Gasteiger charge is 2.19. The number of carbonyl (C=O) groups excluding carboxylic acids is 3. The van der Waals surface area contributed by atoms with E-state index in [0.29, 0.717) is 16.4 Å². The van der Waals surface area contributed by atoms with Gasteiger partial charge in [0.25, 0.3) is 11.8 Å². The number of carbonyl (C=O) groups is 3. The first kappa shape index (κ1) is 31.4. The molecule has 0 aliphatic carbocycles. The van der Waals surface area contributed by atoms with Gasteiger partial charge in [0.2, 0.25) is 5.91 Å². The van der Waals surface area contributed by atoms with Crippen molar-refractivity contribution >= 4 is 57.7 Å². The van der Waals surface area contributed by atoms with E-state index in [-0.39, 0.29) is 22.8 Å². The molecular formula is C36H32N4O3S2. The molecule has 7 nitrogen and oxygen atoms in total. The molecule has 1 aromatic heterocycles. The van der Waals surface area contributed by atoms with Crippen molar-refractivity contribution in [3.8, 4) is 11.3 Å². The Hall–Kier alpha value is -4.99. The lowest BCUT2D eigenvalue weighted by molar-refractivity contribution is -0.115. The zero-order chi connectivity index (χ0) is 31.8. The lowest BCUT2D eigenvalue weighted by Crippen LogP contribution is -2.30. The summed E-state index contributed by atoms with van der Waals surface area (Å²) >= 11 is 2.86. The van der Waals surface area contributed by atoms with Gasteiger partial charge in [0.15, 0.2) is 5.13 Å². The number of hydrogen-bond acceptors (Lipinski definition) is 6. The molecule has 226 valence electrons. The summed E-state index contributed by atoms with van der Waals surface area (Å²) in [7, 11) is 0. The second-order valence-electron chi connectivity index (χ2n) is 10.3. The SMILES string of the molecule is Cc1ccccc1/C=C(\NC(=O)c1ccccc1)C(=O)Nc1ccc(SC(C)C(=O)Nc2nc(-c3ccccc3)c(C)s2)cc1. The molecular weight excluding hydrogens is 601 g/mol. The maximum atomic E-state index is 13.4. The summed E-state index contributed by atoms with van der Waals surface area (Å²) in [4.78, 5) is 45.8. The molecule has 5 aromatic rings. The molecule has 4 aromatic carbocycles. The number of aryl methyl sites for hydroxylation is 2. The molecule has 5 rings (SSSR count). The minimum absolute atomic E-state index is 0.120. The lowest BCUT2D eigenvalue weighted by Gasteiger charge is -2.13. The summed E-state index contributed by atoms with van der Waals surface area (Å²) in [6, 6.07) is 33.5. The molecule has 1 unspecified atom stereocenters. The van der Waals surface area contributed by atoms with Crippen LogP contribution in [0.1, 0.15) is 33.3 Å². The first-order chi connectivity index (χ1) is 21.8. The van der Waals surface area contributed by atoms with E-state index in [0.717, 1.165) is 32.2 Å². The van der Waals surface area contributed by atoms with Crippen LogP contribution in [-0.2, 0) is 9.59 Å². The van der Waals surface area contributed by atoms with Gasteiger partial charge in [0.05, 0.1) is 10.9 Å². The van der Waals surface area contributed by atoms with Crippen molar-refractivity contribution in [1.82, 2.24) is 10.3 Å². The fourth-order valence-corrected chi connectivity index (χ4v) is 6.15. The largest absolute Gasteiger partial charge is 0.321 e. The number of aromatic nitrogens is 1. The molecule has 0 spiro atoms. The highest BCUT2D eigenvalue weighted by molar-refractivity contribution is 8.00. The Kier molecular flexibility index (Phi) is 10.2. The predicted molar refractivity (Wildman–Crippen MR) is 184 cm³/mol. The lowest BCUT2D eigenvalue weighted by atomic mass is 10.1. The maximum Gasteiger partial charge on any atom is 0.272 e. The van der Waals surface area contributed by atoms with Crippen molar-refractivity contribution in [3.05, 3.63) is 136 Å². The van der Waals surface area contributed by atoms with Crippen LogP contribution in [0.3, 0.4) is 0 Å². The third kappa shape index (κ3) is 8.35. The van der Waals surface area contributed by atoms with E-state index in [1.165, 1.54) is 23.1 Å². The van der Waals surface area contributed by atoms with Gasteiger partial charge in [0, 0.05) is 26.6 Å². The van der Waals surface area contributed by atoms with Gasteiger partial charge < -0.3 is 16.0 Å². The Morgan fingerprint density at radius 1 is 0.800 bits per heavy atom. The number of amides is 3. The Morgan fingerprint density at radius 2 is 1.44 bits per heavy atom. The predicted octanol–water partition coefficient (Wildman–Crippen LogP) is 7.96. The Bertz CT molecular complexity index is 1840. The summed E-state index contributed by atoms with van der Waals surface area (Å²) in [6.45, 7) is 5.77. The van der Waals surface area contributed by atoms with Crippen LogP contribution in [0.15, 0.2) is 120 Å². The second-order valence-corrected chi connectivity index (χ2v) is 12.9. The molecule has 0 saturated heterocycles. The van der Waals surface area contributed by atoms with Gasteiger partial charge >= 0.3 is 0 Å². The van der Waals surface area contributed by atoms with Crippen molar-refractivity contribution in [3.63, 3.8) is 0 Å². The molecule has 1 heterocycles. The molecule has 0 fully saturated rings. The maximum absolute atomic E-state index is 13.4. The fourth-order valence-electron chi connectivity index (χ4n) is 4.44. The van der Waals surface area contributed by atoms with E-state index >= 15 is 0 Å². The van der Waals surface area contributed by atoms with Crippen LogP contribution >= 0.6 is 23.1 Å². The summed E-state index contributed by atoms with van der Waals surface area (Å²) < 4.78 is 0. The van der Waals surface area contributed by atoms with Crippen molar-refractivity contribution in [2.75, 3.05) is 10.6 Å². The first-order valence-electron chi connectivity index (χ1n) is 14.3. The highest BCUT2D eigenvalue weighted by Crippen LogP contribution is 2.31. The van der Waals surface area contributed by atoms with E-state index in [4.69, 9.17) is 0 Å². The Balaban J connectivity index is 1.23. The van der Waals surface area contributed by atoms with Crippen LogP contribution in [-0.4, -0.2) is 28.0 Å². The minimum Gasteiger partial charge on any atom is -0.321 e. The van der Waals surface area contributed by atoms with Crippen LogP contribution in [0.5, 0.6) is 0 Å². The average Bonchev–Trinajstić information content (AvgIpc) is 3.42. The van der Waals surface area contributed by atoms with E-state index in [1.807, 2.05) is 93.6 Å². The van der Waals surface area contributed by atoms with Crippen LogP contribution in [0.4, 0.5) is 10.8 Å². The molecule has 9 heteroatoms. The molecule has 3 N–H and O–H groups in total. The molecule has 0 bridgehead atoms. The van der Waals surface area contributed by atoms with Crippen LogP contribution in [0, 0.1) is 13.8 Å². The molecule has 3 amide bonds. The molecule has 1 atom stereocenters. The molecule has 0 saturated carbocycles. The topological polar surface area (TPSA) is 100 Å². The number of nitrogens with zero attached hydrogens (tertiary/aromatic N) is 1. The van der Waals surface area contributed by atoms with Crippen molar-refractivity contribution in [2.45, 2.75) is 30.9 Å². The minimum atomic E-state index is -0.454. The number of hydrogen-bond donors (Lipinski definition) is 3. The van der Waals surface area contributed by atoms with Gasteiger partial charge in [-0.1, -0.05) is 72.8 Å². The normalized spacial score (nSPS) is 11.8. The quantitative estimate of drug-likeness (QED) is 0.107. The van der Waals surface area contributed by atoms with Crippen LogP contribution < -0.4 is 16.0 Å². The summed E-state index contributed by atoms with van der Waals surface area (Å²) in [6.07, 6.45) is 1.67. The van der Waals surface area contributed by atoms with Crippen molar-refractivity contribution in [1.29, 1.82) is 0 Å². The number of thiazole rings is 1. The van der Waals surface area contributed by atoms with E-state index < -0.39 is 5.91 Å². The van der Waals surface area contributed by atoms with Gasteiger partial charge in [-0.05, 0) is 74.4 Å². The molecule has 0 aliphatic rings. The Labute approximate surface area is 270 Å². The van der Waals surface area contributed by atoms with Crippen LogP contribution in [0.25, 0.3) is 17.3 Å². The van der Waals surface area contributed by atoms with E-state index in [2.05, 4.69) is 20.9 Å². The smallest absolute Gasteiger partial charge is 0.272 e. The third-order valence-electron chi connectivity index (χ3n) is 6.89. The number of benzene rings is 4. The van der Waals surface area contributed by atoms with Gasteiger partial charge in [-0.3, -0.25) is 14.4 Å². The Morgan fingerprint density at radius 3 is 2.13 bits per heavy atom. The first-order valence-corrected chi connectivity index (χ1v) is 16.0. The van der Waals surface area contributed by atoms with Crippen molar-refractivity contribution < 1.29 is 14.4 Å². The molecule has 0 radical (unpaired) electrons.